The van der Waals surface area contributed by atoms with Crippen molar-refractivity contribution in [2.75, 3.05) is 20.6 Å². The Morgan fingerprint density at radius 3 is 2.21 bits per heavy atom. The molecule has 0 saturated heterocycles. The summed E-state index contributed by atoms with van der Waals surface area (Å²) >= 11 is 0. The summed E-state index contributed by atoms with van der Waals surface area (Å²) in [7, 11) is 4.19. The van der Waals surface area contributed by atoms with Crippen LogP contribution in [0.15, 0.2) is 24.3 Å². The average Bonchev–Trinajstić information content (AvgIpc) is 2.15. The Labute approximate surface area is 86.7 Å². The normalized spacial score (nSPS) is 13.2. The summed E-state index contributed by atoms with van der Waals surface area (Å²) in [5, 5.41) is 0. The van der Waals surface area contributed by atoms with Crippen molar-refractivity contribution in [1.82, 2.24) is 4.90 Å². The largest absolute Gasteiger partial charge is 0.324 e. The minimum absolute atomic E-state index is 0.137. The van der Waals surface area contributed by atoms with Crippen molar-refractivity contribution < 1.29 is 0 Å². The SMILES string of the molecule is CC(N)c1ccc(CCN(C)C)cc1. The Hall–Kier alpha value is -0.860. The van der Waals surface area contributed by atoms with Crippen molar-refractivity contribution in [2.24, 2.45) is 5.73 Å². The van der Waals surface area contributed by atoms with Gasteiger partial charge in [-0.3, -0.25) is 0 Å². The van der Waals surface area contributed by atoms with Gasteiger partial charge in [0.05, 0.1) is 0 Å². The van der Waals surface area contributed by atoms with Crippen LogP contribution in [-0.4, -0.2) is 25.5 Å². The summed E-state index contributed by atoms with van der Waals surface area (Å²) in [6.45, 7) is 3.10. The van der Waals surface area contributed by atoms with Crippen LogP contribution in [0, 0.1) is 0 Å². The standard InChI is InChI=1S/C12H20N2/c1-10(13)12-6-4-11(5-7-12)8-9-14(2)3/h4-7,10H,8-9,13H2,1-3H3. The van der Waals surface area contributed by atoms with E-state index in [-0.39, 0.29) is 6.04 Å². The van der Waals surface area contributed by atoms with Crippen LogP contribution in [-0.2, 0) is 6.42 Å². The highest BCUT2D eigenvalue weighted by atomic mass is 15.0. The van der Waals surface area contributed by atoms with Crippen LogP contribution in [0.3, 0.4) is 0 Å². The maximum atomic E-state index is 5.78. The molecule has 1 rings (SSSR count). The molecule has 0 saturated carbocycles. The maximum absolute atomic E-state index is 5.78. The molecule has 0 spiro atoms. The summed E-state index contributed by atoms with van der Waals surface area (Å²) in [5.74, 6) is 0. The van der Waals surface area contributed by atoms with Crippen LogP contribution in [0.1, 0.15) is 24.1 Å². The van der Waals surface area contributed by atoms with Crippen molar-refractivity contribution in [1.29, 1.82) is 0 Å². The first-order chi connectivity index (χ1) is 6.59. The number of nitrogens with zero attached hydrogens (tertiary/aromatic N) is 1. The predicted molar refractivity (Wildman–Crippen MR) is 61.3 cm³/mol. The van der Waals surface area contributed by atoms with E-state index in [9.17, 15) is 0 Å². The van der Waals surface area contributed by atoms with E-state index in [4.69, 9.17) is 5.73 Å². The summed E-state index contributed by atoms with van der Waals surface area (Å²) in [6, 6.07) is 8.72. The molecule has 1 aromatic rings. The molecule has 0 aliphatic heterocycles. The molecule has 0 aromatic heterocycles. The summed E-state index contributed by atoms with van der Waals surface area (Å²) < 4.78 is 0. The smallest absolute Gasteiger partial charge is 0.0266 e. The molecule has 0 heterocycles. The molecular weight excluding hydrogens is 172 g/mol. The molecule has 2 heteroatoms. The fraction of sp³-hybridized carbons (Fsp3) is 0.500. The third-order valence-corrected chi connectivity index (χ3v) is 2.35. The van der Waals surface area contributed by atoms with Crippen LogP contribution in [0.5, 0.6) is 0 Å². The van der Waals surface area contributed by atoms with E-state index < -0.39 is 0 Å². The van der Waals surface area contributed by atoms with Crippen LogP contribution in [0.2, 0.25) is 0 Å². The van der Waals surface area contributed by atoms with Gasteiger partial charge in [0.1, 0.15) is 0 Å². The molecule has 78 valence electrons. The second kappa shape index (κ2) is 5.13. The Bertz CT molecular complexity index is 262. The van der Waals surface area contributed by atoms with Crippen molar-refractivity contribution in [3.8, 4) is 0 Å². The topological polar surface area (TPSA) is 29.3 Å². The average molecular weight is 192 g/mol. The van der Waals surface area contributed by atoms with Gasteiger partial charge in [-0.1, -0.05) is 24.3 Å². The number of hydrogen-bond donors (Lipinski definition) is 1. The quantitative estimate of drug-likeness (QED) is 0.788. The van der Waals surface area contributed by atoms with Gasteiger partial charge in [-0.2, -0.15) is 0 Å². The van der Waals surface area contributed by atoms with E-state index in [1.54, 1.807) is 0 Å². The van der Waals surface area contributed by atoms with Gasteiger partial charge in [0, 0.05) is 12.6 Å². The van der Waals surface area contributed by atoms with Crippen molar-refractivity contribution >= 4 is 0 Å². The molecule has 14 heavy (non-hydrogen) atoms. The highest BCUT2D eigenvalue weighted by Gasteiger charge is 1.99. The maximum Gasteiger partial charge on any atom is 0.0266 e. The lowest BCUT2D eigenvalue weighted by molar-refractivity contribution is 0.413. The Kier molecular flexibility index (Phi) is 4.11. The van der Waals surface area contributed by atoms with Gasteiger partial charge in [-0.15, -0.1) is 0 Å². The minimum Gasteiger partial charge on any atom is -0.324 e. The fourth-order valence-electron chi connectivity index (χ4n) is 1.34. The lowest BCUT2D eigenvalue weighted by atomic mass is 10.1. The van der Waals surface area contributed by atoms with Crippen LogP contribution >= 0.6 is 0 Å². The van der Waals surface area contributed by atoms with Gasteiger partial charge in [0.2, 0.25) is 0 Å². The van der Waals surface area contributed by atoms with Crippen LogP contribution in [0.4, 0.5) is 0 Å². The molecule has 1 unspecified atom stereocenters. The number of benzene rings is 1. The van der Waals surface area contributed by atoms with Crippen molar-refractivity contribution in [2.45, 2.75) is 19.4 Å². The second-order valence-corrected chi connectivity index (χ2v) is 4.08. The molecule has 2 N–H and O–H groups in total. The van der Waals surface area contributed by atoms with E-state index in [1.807, 2.05) is 6.92 Å². The lowest BCUT2D eigenvalue weighted by Gasteiger charge is -2.10. The first-order valence-electron chi connectivity index (χ1n) is 5.08. The van der Waals surface area contributed by atoms with E-state index in [0.717, 1.165) is 13.0 Å². The zero-order chi connectivity index (χ0) is 10.6. The molecule has 0 aliphatic carbocycles. The predicted octanol–water partition coefficient (Wildman–Crippen LogP) is 1.81. The van der Waals surface area contributed by atoms with Crippen molar-refractivity contribution in [3.05, 3.63) is 35.4 Å². The van der Waals surface area contributed by atoms with E-state index in [0.29, 0.717) is 0 Å². The first kappa shape index (κ1) is 11.2. The molecule has 1 atom stereocenters. The van der Waals surface area contributed by atoms with Crippen LogP contribution in [0.25, 0.3) is 0 Å². The third kappa shape index (κ3) is 3.48. The number of nitrogens with two attached hydrogens (primary N) is 1. The van der Waals surface area contributed by atoms with Gasteiger partial charge < -0.3 is 10.6 Å². The van der Waals surface area contributed by atoms with Gasteiger partial charge in [0.15, 0.2) is 0 Å². The van der Waals surface area contributed by atoms with Gasteiger partial charge in [-0.25, -0.2) is 0 Å². The van der Waals surface area contributed by atoms with Crippen molar-refractivity contribution in [3.63, 3.8) is 0 Å². The molecule has 0 fully saturated rings. The van der Waals surface area contributed by atoms with Crippen LogP contribution < -0.4 is 5.73 Å². The molecule has 1 aromatic carbocycles. The lowest BCUT2D eigenvalue weighted by Crippen LogP contribution is -2.15. The highest BCUT2D eigenvalue weighted by Crippen LogP contribution is 2.11. The Morgan fingerprint density at radius 1 is 1.21 bits per heavy atom. The van der Waals surface area contributed by atoms with Gasteiger partial charge >= 0.3 is 0 Å². The summed E-state index contributed by atoms with van der Waals surface area (Å²) in [4.78, 5) is 2.19. The third-order valence-electron chi connectivity index (χ3n) is 2.35. The molecule has 0 aliphatic rings. The summed E-state index contributed by atoms with van der Waals surface area (Å²) in [6.07, 6.45) is 1.10. The Balaban J connectivity index is 2.55. The van der Waals surface area contributed by atoms with Gasteiger partial charge in [0.25, 0.3) is 0 Å². The number of hydrogen-bond acceptors (Lipinski definition) is 2. The molecule has 0 radical (unpaired) electrons. The Morgan fingerprint density at radius 2 is 1.79 bits per heavy atom. The number of rotatable bonds is 4. The molecule has 2 nitrogen and oxygen atoms in total. The zero-order valence-electron chi connectivity index (χ0n) is 9.33. The molecular formula is C12H20N2. The fourth-order valence-corrected chi connectivity index (χ4v) is 1.34. The van der Waals surface area contributed by atoms with E-state index >= 15 is 0 Å². The second-order valence-electron chi connectivity index (χ2n) is 4.08. The zero-order valence-corrected chi connectivity index (χ0v) is 9.33. The summed E-state index contributed by atoms with van der Waals surface area (Å²) in [5.41, 5.74) is 8.36. The van der Waals surface area contributed by atoms with E-state index in [1.165, 1.54) is 11.1 Å². The molecule has 0 bridgehead atoms. The molecule has 0 amide bonds. The van der Waals surface area contributed by atoms with E-state index in [2.05, 4.69) is 43.3 Å². The highest BCUT2D eigenvalue weighted by molar-refractivity contribution is 5.24. The minimum atomic E-state index is 0.137. The first-order valence-corrected chi connectivity index (χ1v) is 5.08. The van der Waals surface area contributed by atoms with Gasteiger partial charge in [-0.05, 0) is 38.6 Å². The monoisotopic (exact) mass is 192 g/mol. The number of likely N-dealkylation sites (N-methyl/N-ethyl adjacent to an activating group) is 1.